The first kappa shape index (κ1) is 21.1. The highest BCUT2D eigenvalue weighted by molar-refractivity contribution is 7.91. The maximum atomic E-state index is 13.0. The van der Waals surface area contributed by atoms with E-state index in [0.29, 0.717) is 11.5 Å². The first-order valence-corrected chi connectivity index (χ1v) is 12.9. The molecule has 172 valence electrons. The van der Waals surface area contributed by atoms with Crippen molar-refractivity contribution in [3.63, 3.8) is 0 Å². The van der Waals surface area contributed by atoms with Crippen molar-refractivity contribution < 1.29 is 14.0 Å². The smallest absolute Gasteiger partial charge is 0.177 e. The molecule has 1 atom stereocenters. The Hall–Kier alpha value is -4.25. The standard InChI is InChI=1S/C32H20O3S/c33-36(23-9-2-1-3-10-23)24-17-14-22(15-18-24)28-20-30-32(27-13-7-6-12-26(27)28)34-29-19-16-21-8-4-5-11-25(21)31(29)35-30/h1-20H. The van der Waals surface area contributed by atoms with Crippen molar-refractivity contribution >= 4 is 32.7 Å². The zero-order valence-electron chi connectivity index (χ0n) is 19.2. The third-order valence-corrected chi connectivity index (χ3v) is 7.97. The van der Waals surface area contributed by atoms with E-state index in [4.69, 9.17) is 9.47 Å². The van der Waals surface area contributed by atoms with Crippen LogP contribution in [0, 0.1) is 0 Å². The number of hydrogen-bond acceptors (Lipinski definition) is 3. The number of rotatable bonds is 3. The fraction of sp³-hybridized carbons (Fsp3) is 0. The lowest BCUT2D eigenvalue weighted by Crippen LogP contribution is -2.02. The van der Waals surface area contributed by atoms with Crippen molar-refractivity contribution in [2.24, 2.45) is 0 Å². The van der Waals surface area contributed by atoms with Gasteiger partial charge in [-0.1, -0.05) is 72.8 Å². The quantitative estimate of drug-likeness (QED) is 0.236. The molecule has 1 aliphatic rings. The molecule has 36 heavy (non-hydrogen) atoms. The molecule has 0 bridgehead atoms. The number of hydrogen-bond donors (Lipinski definition) is 0. The highest BCUT2D eigenvalue weighted by Gasteiger charge is 2.25. The molecule has 4 heteroatoms. The summed E-state index contributed by atoms with van der Waals surface area (Å²) in [5.41, 5.74) is 2.06. The van der Waals surface area contributed by atoms with Gasteiger partial charge in [-0.05, 0) is 70.4 Å². The number of benzene rings is 6. The van der Waals surface area contributed by atoms with Crippen LogP contribution in [0.2, 0.25) is 0 Å². The molecule has 0 spiro atoms. The zero-order valence-corrected chi connectivity index (χ0v) is 20.0. The van der Waals surface area contributed by atoms with Crippen LogP contribution in [-0.2, 0) is 11.2 Å². The van der Waals surface area contributed by atoms with Crippen molar-refractivity contribution in [3.05, 3.63) is 121 Å². The van der Waals surface area contributed by atoms with Crippen molar-refractivity contribution in [2.75, 3.05) is 0 Å². The lowest BCUT2D eigenvalue weighted by Gasteiger charge is -2.24. The Balaban J connectivity index is 1.34. The van der Waals surface area contributed by atoms with E-state index in [2.05, 4.69) is 30.3 Å². The minimum Gasteiger partial charge on any atom is -0.606 e. The summed E-state index contributed by atoms with van der Waals surface area (Å²) in [4.78, 5) is 1.56. The summed E-state index contributed by atoms with van der Waals surface area (Å²) in [6.45, 7) is 0. The average Bonchev–Trinajstić information content (AvgIpc) is 2.96. The molecule has 0 amide bonds. The SMILES string of the molecule is [O-][S+](c1ccccc1)c1ccc(-c2cc3c(c4ccccc24)Oc2ccc4ccccc4c2O3)cc1. The molecule has 0 fully saturated rings. The predicted octanol–water partition coefficient (Wildman–Crippen LogP) is 8.72. The minimum absolute atomic E-state index is 0.685. The van der Waals surface area contributed by atoms with E-state index in [0.717, 1.165) is 54.0 Å². The second-order valence-corrected chi connectivity index (χ2v) is 10.2. The second kappa shape index (κ2) is 8.45. The van der Waals surface area contributed by atoms with Gasteiger partial charge in [0.25, 0.3) is 0 Å². The van der Waals surface area contributed by atoms with Crippen molar-refractivity contribution in [1.29, 1.82) is 0 Å². The Morgan fingerprint density at radius 2 is 1.11 bits per heavy atom. The van der Waals surface area contributed by atoms with Gasteiger partial charge < -0.3 is 14.0 Å². The van der Waals surface area contributed by atoms with Gasteiger partial charge in [-0.2, -0.15) is 0 Å². The predicted molar refractivity (Wildman–Crippen MR) is 145 cm³/mol. The van der Waals surface area contributed by atoms with Crippen LogP contribution in [0.3, 0.4) is 0 Å². The molecule has 0 radical (unpaired) electrons. The molecule has 1 unspecified atom stereocenters. The Labute approximate surface area is 211 Å². The molecule has 0 aliphatic carbocycles. The minimum atomic E-state index is -1.22. The van der Waals surface area contributed by atoms with E-state index < -0.39 is 11.2 Å². The molecule has 6 aromatic rings. The number of ether oxygens (including phenoxy) is 2. The monoisotopic (exact) mass is 484 g/mol. The molecule has 7 rings (SSSR count). The summed E-state index contributed by atoms with van der Waals surface area (Å²) in [5.74, 6) is 2.85. The average molecular weight is 485 g/mol. The maximum absolute atomic E-state index is 13.0. The molecule has 6 aromatic carbocycles. The lowest BCUT2D eigenvalue weighted by molar-refractivity contribution is 0.367. The van der Waals surface area contributed by atoms with Gasteiger partial charge in [0.05, 0.1) is 0 Å². The van der Waals surface area contributed by atoms with Crippen molar-refractivity contribution in [2.45, 2.75) is 9.79 Å². The second-order valence-electron chi connectivity index (χ2n) is 8.72. The summed E-state index contributed by atoms with van der Waals surface area (Å²) < 4.78 is 25.9. The van der Waals surface area contributed by atoms with E-state index in [-0.39, 0.29) is 0 Å². The summed E-state index contributed by atoms with van der Waals surface area (Å²) >= 11 is -1.22. The molecule has 0 saturated carbocycles. The summed E-state index contributed by atoms with van der Waals surface area (Å²) in [6.07, 6.45) is 0. The van der Waals surface area contributed by atoms with Crippen LogP contribution in [0.15, 0.2) is 131 Å². The summed E-state index contributed by atoms with van der Waals surface area (Å²) in [5, 5.41) is 4.18. The molecule has 0 aromatic heterocycles. The van der Waals surface area contributed by atoms with Gasteiger partial charge in [0, 0.05) is 21.9 Å². The van der Waals surface area contributed by atoms with Crippen molar-refractivity contribution in [1.82, 2.24) is 0 Å². The highest BCUT2D eigenvalue weighted by atomic mass is 32.2. The summed E-state index contributed by atoms with van der Waals surface area (Å²) in [6, 6.07) is 39.9. The van der Waals surface area contributed by atoms with Gasteiger partial charge >= 0.3 is 0 Å². The van der Waals surface area contributed by atoms with Gasteiger partial charge in [-0.15, -0.1) is 0 Å². The topological polar surface area (TPSA) is 41.5 Å². The molecule has 0 saturated heterocycles. The molecular weight excluding hydrogens is 464 g/mol. The Morgan fingerprint density at radius 1 is 0.500 bits per heavy atom. The largest absolute Gasteiger partial charge is 0.606 e. The molecule has 1 aliphatic heterocycles. The Kier molecular flexibility index (Phi) is 4.95. The van der Waals surface area contributed by atoms with Crippen LogP contribution in [0.5, 0.6) is 23.0 Å². The van der Waals surface area contributed by atoms with E-state index in [1.807, 2.05) is 91.0 Å². The van der Waals surface area contributed by atoms with E-state index in [1.54, 1.807) is 0 Å². The summed E-state index contributed by atoms with van der Waals surface area (Å²) in [7, 11) is 0. The third kappa shape index (κ3) is 3.42. The fourth-order valence-corrected chi connectivity index (χ4v) is 5.87. The normalized spacial score (nSPS) is 12.9. The third-order valence-electron chi connectivity index (χ3n) is 6.57. The van der Waals surface area contributed by atoms with Crippen LogP contribution >= 0.6 is 0 Å². The Morgan fingerprint density at radius 3 is 1.92 bits per heavy atom. The van der Waals surface area contributed by atoms with Gasteiger partial charge in [-0.3, -0.25) is 0 Å². The molecule has 3 nitrogen and oxygen atoms in total. The zero-order chi connectivity index (χ0) is 24.1. The van der Waals surface area contributed by atoms with E-state index in [9.17, 15) is 4.55 Å². The molecule has 0 N–H and O–H groups in total. The van der Waals surface area contributed by atoms with E-state index >= 15 is 0 Å². The van der Waals surface area contributed by atoms with Gasteiger partial charge in [0.2, 0.25) is 0 Å². The van der Waals surface area contributed by atoms with Gasteiger partial charge in [0.1, 0.15) is 0 Å². The van der Waals surface area contributed by atoms with Crippen LogP contribution in [-0.4, -0.2) is 4.55 Å². The maximum Gasteiger partial charge on any atom is 0.177 e. The molecule has 1 heterocycles. The van der Waals surface area contributed by atoms with Crippen LogP contribution in [0.4, 0.5) is 0 Å². The Bertz CT molecular complexity index is 1740. The fourth-order valence-electron chi connectivity index (χ4n) is 4.81. The van der Waals surface area contributed by atoms with Crippen molar-refractivity contribution in [3.8, 4) is 34.1 Å². The van der Waals surface area contributed by atoms with Crippen LogP contribution < -0.4 is 9.47 Å². The highest BCUT2D eigenvalue weighted by Crippen LogP contribution is 2.53. The van der Waals surface area contributed by atoms with Gasteiger partial charge in [-0.25, -0.2) is 0 Å². The van der Waals surface area contributed by atoms with Crippen LogP contribution in [0.25, 0.3) is 32.7 Å². The van der Waals surface area contributed by atoms with E-state index in [1.165, 1.54) is 0 Å². The first-order valence-electron chi connectivity index (χ1n) is 11.8. The number of fused-ring (bicyclic) bond motifs is 6. The first-order chi connectivity index (χ1) is 17.8. The molecular formula is C32H20O3S. The van der Waals surface area contributed by atoms with Gasteiger partial charge in [0.15, 0.2) is 32.8 Å². The van der Waals surface area contributed by atoms with Crippen LogP contribution in [0.1, 0.15) is 0 Å². The lowest BCUT2D eigenvalue weighted by atomic mass is 9.96.